The first-order chi connectivity index (χ1) is 12.6. The van der Waals surface area contributed by atoms with Crippen LogP contribution in [0.1, 0.15) is 31.0 Å². The lowest BCUT2D eigenvalue weighted by molar-refractivity contribution is -0.167. The van der Waals surface area contributed by atoms with Crippen LogP contribution < -0.4 is 0 Å². The van der Waals surface area contributed by atoms with Gasteiger partial charge in [-0.05, 0) is 37.8 Å². The summed E-state index contributed by atoms with van der Waals surface area (Å²) in [5.41, 5.74) is 2.11. The molecule has 3 aliphatic rings. The van der Waals surface area contributed by atoms with E-state index in [0.29, 0.717) is 13.1 Å². The Morgan fingerprint density at radius 2 is 2.15 bits per heavy atom. The Kier molecular flexibility index (Phi) is 3.41. The van der Waals surface area contributed by atoms with E-state index in [2.05, 4.69) is 11.1 Å². The van der Waals surface area contributed by atoms with Gasteiger partial charge in [0.25, 0.3) is 5.91 Å². The summed E-state index contributed by atoms with van der Waals surface area (Å²) < 4.78 is 5.70. The molecule has 6 nitrogen and oxygen atoms in total. The van der Waals surface area contributed by atoms with Gasteiger partial charge in [-0.3, -0.25) is 9.59 Å². The van der Waals surface area contributed by atoms with Crippen LogP contribution >= 0.6 is 0 Å². The molecule has 0 unspecified atom stereocenters. The summed E-state index contributed by atoms with van der Waals surface area (Å²) in [5.74, 6) is 0.0227. The van der Waals surface area contributed by atoms with Crippen LogP contribution in [0, 0.1) is 0 Å². The predicted octanol–water partition coefficient (Wildman–Crippen LogP) is 1.79. The molecule has 2 atom stereocenters. The fourth-order valence-electron chi connectivity index (χ4n) is 4.86. The first-order valence-corrected chi connectivity index (χ1v) is 9.40. The number of amides is 2. The number of H-pyrrole nitrogens is 1. The van der Waals surface area contributed by atoms with Crippen LogP contribution in [0.3, 0.4) is 0 Å². The number of carbonyl (C=O) groups excluding carboxylic acids is 2. The molecule has 0 saturated carbocycles. The Morgan fingerprint density at radius 3 is 2.96 bits per heavy atom. The van der Waals surface area contributed by atoms with Gasteiger partial charge in [-0.15, -0.1) is 0 Å². The summed E-state index contributed by atoms with van der Waals surface area (Å²) in [6, 6.07) is 8.12. The minimum Gasteiger partial charge on any atom is -0.376 e. The van der Waals surface area contributed by atoms with Crippen molar-refractivity contribution in [3.8, 4) is 0 Å². The van der Waals surface area contributed by atoms with Gasteiger partial charge in [0.15, 0.2) is 5.54 Å². The zero-order valence-corrected chi connectivity index (χ0v) is 15.0. The van der Waals surface area contributed by atoms with Gasteiger partial charge >= 0.3 is 0 Å². The smallest absolute Gasteiger partial charge is 0.255 e. The Labute approximate surface area is 152 Å². The number of aromatic nitrogens is 1. The molecule has 0 aliphatic carbocycles. The lowest BCUT2D eigenvalue weighted by atomic mass is 9.83. The van der Waals surface area contributed by atoms with Crippen molar-refractivity contribution < 1.29 is 14.3 Å². The third kappa shape index (κ3) is 2.08. The average molecular weight is 353 g/mol. The number of benzene rings is 1. The standard InChI is InChI=1S/C20H23N3O3/c1-20-18-15(14-6-2-3-7-16(14)21-18)8-9-23(20)17(24)12-22(19(20)25)11-13-5-4-10-26-13/h2-3,6-7,13,21H,4-5,8-12H2,1H3/t13-,20-/m0/s1. The lowest BCUT2D eigenvalue weighted by Gasteiger charge is -2.49. The third-order valence-electron chi connectivity index (χ3n) is 6.20. The number of hydrogen-bond donors (Lipinski definition) is 1. The highest BCUT2D eigenvalue weighted by Gasteiger charge is 2.54. The second-order valence-corrected chi connectivity index (χ2v) is 7.71. The highest BCUT2D eigenvalue weighted by molar-refractivity contribution is 6.00. The summed E-state index contributed by atoms with van der Waals surface area (Å²) in [6.07, 6.45) is 2.80. The monoisotopic (exact) mass is 353 g/mol. The lowest BCUT2D eigenvalue weighted by Crippen LogP contribution is -2.67. The Hall–Kier alpha value is -2.34. The maximum absolute atomic E-state index is 13.5. The number of rotatable bonds is 2. The molecule has 2 amide bonds. The number of nitrogens with zero attached hydrogens (tertiary/aromatic N) is 2. The summed E-state index contributed by atoms with van der Waals surface area (Å²) in [7, 11) is 0. The minimum atomic E-state index is -0.958. The van der Waals surface area contributed by atoms with Gasteiger partial charge in [0, 0.05) is 30.6 Å². The molecule has 26 heavy (non-hydrogen) atoms. The Balaban J connectivity index is 1.58. The molecule has 1 aromatic heterocycles. The van der Waals surface area contributed by atoms with E-state index in [-0.39, 0.29) is 24.5 Å². The van der Waals surface area contributed by atoms with Crippen molar-refractivity contribution in [2.45, 2.75) is 37.8 Å². The van der Waals surface area contributed by atoms with Gasteiger partial charge in [0.1, 0.15) is 0 Å². The first-order valence-electron chi connectivity index (χ1n) is 9.40. The molecule has 0 spiro atoms. The van der Waals surface area contributed by atoms with Crippen LogP contribution in [0.15, 0.2) is 24.3 Å². The van der Waals surface area contributed by atoms with Crippen LogP contribution in [0.25, 0.3) is 10.9 Å². The van der Waals surface area contributed by atoms with E-state index in [4.69, 9.17) is 4.74 Å². The molecule has 2 aromatic rings. The fourth-order valence-corrected chi connectivity index (χ4v) is 4.86. The van der Waals surface area contributed by atoms with E-state index in [1.54, 1.807) is 9.80 Å². The molecule has 136 valence electrons. The maximum atomic E-state index is 13.5. The highest BCUT2D eigenvalue weighted by Crippen LogP contribution is 2.42. The van der Waals surface area contributed by atoms with E-state index < -0.39 is 5.54 Å². The molecule has 6 heteroatoms. The molecular formula is C20H23N3O3. The molecule has 5 rings (SSSR count). The normalized spacial score (nSPS) is 28.6. The van der Waals surface area contributed by atoms with Gasteiger partial charge in [-0.2, -0.15) is 0 Å². The predicted molar refractivity (Wildman–Crippen MR) is 96.6 cm³/mol. The number of piperazine rings is 1. The van der Waals surface area contributed by atoms with Gasteiger partial charge in [-0.25, -0.2) is 0 Å². The zero-order valence-electron chi connectivity index (χ0n) is 15.0. The summed E-state index contributed by atoms with van der Waals surface area (Å²) in [6.45, 7) is 3.88. The quantitative estimate of drug-likeness (QED) is 0.895. The van der Waals surface area contributed by atoms with Crippen LogP contribution in [-0.2, 0) is 26.3 Å². The number of fused-ring (bicyclic) bond motifs is 5. The van der Waals surface area contributed by atoms with E-state index in [1.165, 1.54) is 5.56 Å². The van der Waals surface area contributed by atoms with E-state index in [0.717, 1.165) is 42.5 Å². The number of nitrogens with one attached hydrogen (secondary N) is 1. The van der Waals surface area contributed by atoms with Crippen LogP contribution in [0.5, 0.6) is 0 Å². The molecule has 4 heterocycles. The summed E-state index contributed by atoms with van der Waals surface area (Å²) >= 11 is 0. The highest BCUT2D eigenvalue weighted by atomic mass is 16.5. The molecule has 2 fully saturated rings. The number of aromatic amines is 1. The first kappa shape index (κ1) is 15.9. The van der Waals surface area contributed by atoms with Crippen LogP contribution in [0.4, 0.5) is 0 Å². The van der Waals surface area contributed by atoms with E-state index >= 15 is 0 Å². The number of carbonyl (C=O) groups is 2. The van der Waals surface area contributed by atoms with Crippen molar-refractivity contribution in [1.82, 2.24) is 14.8 Å². The Morgan fingerprint density at radius 1 is 1.31 bits per heavy atom. The average Bonchev–Trinajstić information content (AvgIpc) is 3.27. The second kappa shape index (κ2) is 5.58. The van der Waals surface area contributed by atoms with Crippen molar-refractivity contribution in [3.05, 3.63) is 35.5 Å². The molecule has 0 bridgehead atoms. The molecule has 1 N–H and O–H groups in total. The molecule has 2 saturated heterocycles. The van der Waals surface area contributed by atoms with E-state index in [1.807, 2.05) is 25.1 Å². The van der Waals surface area contributed by atoms with Crippen LogP contribution in [0.2, 0.25) is 0 Å². The fraction of sp³-hybridized carbons (Fsp3) is 0.500. The van der Waals surface area contributed by atoms with Gasteiger partial charge < -0.3 is 19.5 Å². The Bertz CT molecular complexity index is 899. The van der Waals surface area contributed by atoms with Gasteiger partial charge in [0.2, 0.25) is 5.91 Å². The van der Waals surface area contributed by atoms with E-state index in [9.17, 15) is 9.59 Å². The topological polar surface area (TPSA) is 65.6 Å². The molecule has 1 aromatic carbocycles. The van der Waals surface area contributed by atoms with Gasteiger partial charge in [0.05, 0.1) is 18.3 Å². The molecule has 0 radical (unpaired) electrons. The van der Waals surface area contributed by atoms with Crippen molar-refractivity contribution in [2.75, 3.05) is 26.2 Å². The summed E-state index contributed by atoms with van der Waals surface area (Å²) in [5, 5.41) is 1.15. The summed E-state index contributed by atoms with van der Waals surface area (Å²) in [4.78, 5) is 33.3. The maximum Gasteiger partial charge on any atom is 0.255 e. The zero-order chi connectivity index (χ0) is 17.9. The number of para-hydroxylation sites is 1. The van der Waals surface area contributed by atoms with Gasteiger partial charge in [-0.1, -0.05) is 18.2 Å². The van der Waals surface area contributed by atoms with Crippen molar-refractivity contribution in [1.29, 1.82) is 0 Å². The molecule has 3 aliphatic heterocycles. The largest absolute Gasteiger partial charge is 0.376 e. The number of hydrogen-bond acceptors (Lipinski definition) is 3. The second-order valence-electron chi connectivity index (χ2n) is 7.71. The number of ether oxygens (including phenoxy) is 1. The minimum absolute atomic E-state index is 0.0000983. The van der Waals surface area contributed by atoms with Crippen molar-refractivity contribution in [2.24, 2.45) is 0 Å². The third-order valence-corrected chi connectivity index (χ3v) is 6.20. The van der Waals surface area contributed by atoms with Crippen LogP contribution in [-0.4, -0.2) is 58.9 Å². The molecular weight excluding hydrogens is 330 g/mol. The SMILES string of the molecule is C[C@]12C(=O)N(C[C@@H]3CCCO3)CC(=O)N1CCc1c2[nH]c2ccccc12. The van der Waals surface area contributed by atoms with Crippen molar-refractivity contribution in [3.63, 3.8) is 0 Å². The van der Waals surface area contributed by atoms with Crippen molar-refractivity contribution >= 4 is 22.7 Å².